The van der Waals surface area contributed by atoms with Crippen molar-refractivity contribution in [3.05, 3.63) is 21.8 Å². The minimum Gasteiger partial charge on any atom is -0.397 e. The van der Waals surface area contributed by atoms with Crippen LogP contribution in [0, 0.1) is 3.57 Å². The highest BCUT2D eigenvalue weighted by atomic mass is 127. The highest BCUT2D eigenvalue weighted by molar-refractivity contribution is 14.1. The van der Waals surface area contributed by atoms with Crippen LogP contribution in [-0.2, 0) is 9.59 Å². The van der Waals surface area contributed by atoms with Gasteiger partial charge in [-0.3, -0.25) is 9.59 Å². The van der Waals surface area contributed by atoms with Gasteiger partial charge in [-0.1, -0.05) is 0 Å². The molecule has 1 saturated heterocycles. The molecule has 4 nitrogen and oxygen atoms in total. The van der Waals surface area contributed by atoms with E-state index < -0.39 is 0 Å². The Bertz CT molecular complexity index is 445. The topological polar surface area (TPSA) is 63.4 Å². The van der Waals surface area contributed by atoms with Gasteiger partial charge in [-0.05, 0) is 40.8 Å². The van der Waals surface area contributed by atoms with Gasteiger partial charge in [0.05, 0.1) is 24.3 Å². The van der Waals surface area contributed by atoms with Crippen molar-refractivity contribution >= 4 is 45.7 Å². The summed E-state index contributed by atoms with van der Waals surface area (Å²) in [5.74, 6) is -0.231. The Kier molecular flexibility index (Phi) is 2.64. The van der Waals surface area contributed by atoms with Crippen molar-refractivity contribution < 1.29 is 9.59 Å². The molecule has 1 aromatic carbocycles. The molecule has 15 heavy (non-hydrogen) atoms. The van der Waals surface area contributed by atoms with Gasteiger partial charge in [0, 0.05) is 3.57 Å². The summed E-state index contributed by atoms with van der Waals surface area (Å²) in [7, 11) is 0. The zero-order valence-electron chi connectivity index (χ0n) is 7.87. The second-order valence-corrected chi connectivity index (χ2v) is 4.64. The number of carbonyl (C=O) groups excluding carboxylic acids is 2. The Morgan fingerprint density at radius 1 is 1.33 bits per heavy atom. The van der Waals surface area contributed by atoms with Crippen LogP contribution in [0.25, 0.3) is 0 Å². The Morgan fingerprint density at radius 3 is 2.60 bits per heavy atom. The Hall–Kier alpha value is -1.11. The van der Waals surface area contributed by atoms with Crippen molar-refractivity contribution in [2.75, 3.05) is 17.2 Å². The molecule has 1 fully saturated rings. The molecule has 0 radical (unpaired) electrons. The molecule has 2 rings (SSSR count). The Morgan fingerprint density at radius 2 is 2.07 bits per heavy atom. The molecule has 0 unspecified atom stereocenters. The summed E-state index contributed by atoms with van der Waals surface area (Å²) >= 11 is 2.14. The van der Waals surface area contributed by atoms with Crippen LogP contribution in [0.4, 0.5) is 11.4 Å². The molecule has 0 saturated carbocycles. The van der Waals surface area contributed by atoms with Crippen LogP contribution in [0.3, 0.4) is 0 Å². The molecule has 2 N–H and O–H groups in total. The van der Waals surface area contributed by atoms with E-state index in [1.165, 1.54) is 4.90 Å². The van der Waals surface area contributed by atoms with E-state index in [1.807, 2.05) is 6.07 Å². The maximum absolute atomic E-state index is 11.5. The number of benzene rings is 1. The van der Waals surface area contributed by atoms with E-state index in [2.05, 4.69) is 22.6 Å². The average molecular weight is 316 g/mol. The fourth-order valence-corrected chi connectivity index (χ4v) is 2.09. The van der Waals surface area contributed by atoms with Gasteiger partial charge in [0.25, 0.3) is 0 Å². The van der Waals surface area contributed by atoms with Gasteiger partial charge in [0.15, 0.2) is 5.78 Å². The summed E-state index contributed by atoms with van der Waals surface area (Å²) in [6.07, 6.45) is -0.00851. The number of ketones is 1. The molecular formula is C10H9IN2O2. The van der Waals surface area contributed by atoms with Crippen LogP contribution >= 0.6 is 22.6 Å². The molecule has 1 amide bonds. The molecule has 1 aliphatic rings. The molecule has 1 heterocycles. The highest BCUT2D eigenvalue weighted by Gasteiger charge is 2.29. The van der Waals surface area contributed by atoms with Crippen molar-refractivity contribution in [1.82, 2.24) is 0 Å². The lowest BCUT2D eigenvalue weighted by molar-refractivity contribution is -0.121. The third-order valence-corrected chi connectivity index (χ3v) is 2.94. The number of hydrogen-bond acceptors (Lipinski definition) is 3. The van der Waals surface area contributed by atoms with E-state index in [1.54, 1.807) is 12.1 Å². The van der Waals surface area contributed by atoms with Crippen LogP contribution in [0.1, 0.15) is 6.42 Å². The lowest BCUT2D eigenvalue weighted by Crippen LogP contribution is -2.25. The Labute approximate surface area is 101 Å². The van der Waals surface area contributed by atoms with Crippen molar-refractivity contribution in [1.29, 1.82) is 0 Å². The van der Waals surface area contributed by atoms with Gasteiger partial charge in [0.2, 0.25) is 5.91 Å². The highest BCUT2D eigenvalue weighted by Crippen LogP contribution is 2.27. The number of rotatable bonds is 1. The van der Waals surface area contributed by atoms with Crippen LogP contribution in [0.2, 0.25) is 0 Å². The molecule has 1 aromatic rings. The van der Waals surface area contributed by atoms with Crippen molar-refractivity contribution in [2.24, 2.45) is 0 Å². The fourth-order valence-electron chi connectivity index (χ4n) is 1.58. The van der Waals surface area contributed by atoms with Crippen LogP contribution in [-0.4, -0.2) is 18.2 Å². The molecule has 0 atom stereocenters. The first-order valence-electron chi connectivity index (χ1n) is 4.45. The van der Waals surface area contributed by atoms with Gasteiger partial charge < -0.3 is 10.6 Å². The number of nitrogen functional groups attached to an aromatic ring is 1. The summed E-state index contributed by atoms with van der Waals surface area (Å²) in [6.45, 7) is 0.142. The summed E-state index contributed by atoms with van der Waals surface area (Å²) in [5, 5.41) is 0. The maximum Gasteiger partial charge on any atom is 0.234 e. The van der Waals surface area contributed by atoms with E-state index in [4.69, 9.17) is 5.73 Å². The molecule has 0 bridgehead atoms. The smallest absolute Gasteiger partial charge is 0.234 e. The lowest BCUT2D eigenvalue weighted by Gasteiger charge is -2.16. The third kappa shape index (κ3) is 1.97. The largest absolute Gasteiger partial charge is 0.397 e. The molecular weight excluding hydrogens is 307 g/mol. The van der Waals surface area contributed by atoms with E-state index in [0.717, 1.165) is 3.57 Å². The summed E-state index contributed by atoms with van der Waals surface area (Å²) in [4.78, 5) is 24.0. The standard InChI is InChI=1S/C10H9IN2O2/c11-6-1-2-9(8(12)3-6)13-5-7(14)4-10(13)15/h1-3H,4-5,12H2. The lowest BCUT2D eigenvalue weighted by atomic mass is 10.2. The zero-order valence-corrected chi connectivity index (χ0v) is 10.0. The number of anilines is 2. The van der Waals surface area contributed by atoms with Crippen molar-refractivity contribution in [3.63, 3.8) is 0 Å². The predicted molar refractivity (Wildman–Crippen MR) is 65.5 cm³/mol. The van der Waals surface area contributed by atoms with Crippen LogP contribution in [0.5, 0.6) is 0 Å². The van der Waals surface area contributed by atoms with E-state index in [9.17, 15) is 9.59 Å². The number of Topliss-reactive ketones (excluding diaryl/α,β-unsaturated/α-hetero) is 1. The summed E-state index contributed by atoms with van der Waals surface area (Å²) < 4.78 is 1.01. The van der Waals surface area contributed by atoms with Gasteiger partial charge in [0.1, 0.15) is 0 Å². The van der Waals surface area contributed by atoms with Gasteiger partial charge in [-0.2, -0.15) is 0 Å². The fraction of sp³-hybridized carbons (Fsp3) is 0.200. The number of hydrogen-bond donors (Lipinski definition) is 1. The normalized spacial score (nSPS) is 16.2. The molecule has 5 heteroatoms. The molecule has 0 aromatic heterocycles. The predicted octanol–water partition coefficient (Wildman–Crippen LogP) is 1.18. The number of carbonyl (C=O) groups is 2. The first-order chi connectivity index (χ1) is 7.08. The first kappa shape index (κ1) is 10.4. The Balaban J connectivity index is 2.38. The SMILES string of the molecule is Nc1cc(I)ccc1N1CC(=O)CC1=O. The van der Waals surface area contributed by atoms with Crippen LogP contribution in [0.15, 0.2) is 18.2 Å². The van der Waals surface area contributed by atoms with Crippen molar-refractivity contribution in [2.45, 2.75) is 6.42 Å². The van der Waals surface area contributed by atoms with E-state index in [-0.39, 0.29) is 24.7 Å². The van der Waals surface area contributed by atoms with E-state index in [0.29, 0.717) is 11.4 Å². The summed E-state index contributed by atoms with van der Waals surface area (Å²) in [5.41, 5.74) is 6.96. The third-order valence-electron chi connectivity index (χ3n) is 2.26. The van der Waals surface area contributed by atoms with Gasteiger partial charge in [-0.25, -0.2) is 0 Å². The maximum atomic E-state index is 11.5. The summed E-state index contributed by atoms with van der Waals surface area (Å²) in [6, 6.07) is 5.42. The van der Waals surface area contributed by atoms with Crippen LogP contribution < -0.4 is 10.6 Å². The second-order valence-electron chi connectivity index (χ2n) is 3.40. The van der Waals surface area contributed by atoms with Gasteiger partial charge in [-0.15, -0.1) is 0 Å². The molecule has 0 aliphatic carbocycles. The quantitative estimate of drug-likeness (QED) is 0.481. The number of nitrogens with two attached hydrogens (primary N) is 1. The van der Waals surface area contributed by atoms with E-state index >= 15 is 0 Å². The monoisotopic (exact) mass is 316 g/mol. The molecule has 78 valence electrons. The number of nitrogens with zero attached hydrogens (tertiary/aromatic N) is 1. The number of amides is 1. The minimum atomic E-state index is -0.173. The average Bonchev–Trinajstić information content (AvgIpc) is 2.45. The zero-order chi connectivity index (χ0) is 11.0. The minimum absolute atomic E-state index is 0.00851. The molecule has 1 aliphatic heterocycles. The number of halogens is 1. The second kappa shape index (κ2) is 3.80. The van der Waals surface area contributed by atoms with Gasteiger partial charge >= 0.3 is 0 Å². The van der Waals surface area contributed by atoms with Crippen molar-refractivity contribution in [3.8, 4) is 0 Å². The molecule has 0 spiro atoms. The first-order valence-corrected chi connectivity index (χ1v) is 5.53.